The average molecular weight is 338 g/mol. The second-order valence-corrected chi connectivity index (χ2v) is 5.37. The number of nitrogens with one attached hydrogen (secondary N) is 1. The van der Waals surface area contributed by atoms with E-state index in [2.05, 4.69) is 25.7 Å². The number of aromatic nitrogens is 5. The molecule has 3 aromatic rings. The molecule has 1 N–H and O–H groups in total. The minimum absolute atomic E-state index is 0.0287. The molecule has 0 radical (unpaired) electrons. The number of carbonyl (C=O) groups is 1. The molecule has 0 bridgehead atoms. The summed E-state index contributed by atoms with van der Waals surface area (Å²) in [5.41, 5.74) is 1.96. The maximum Gasteiger partial charge on any atom is 0.257 e. The van der Waals surface area contributed by atoms with Gasteiger partial charge in [0.05, 0.1) is 7.05 Å². The monoisotopic (exact) mass is 338 g/mol. The van der Waals surface area contributed by atoms with E-state index in [0.29, 0.717) is 18.1 Å². The number of nitrogens with zero attached hydrogens (tertiary/aromatic N) is 5. The number of tetrazole rings is 1. The van der Waals surface area contributed by atoms with Gasteiger partial charge in [0, 0.05) is 24.5 Å². The molecular weight excluding hydrogens is 320 g/mol. The predicted octanol–water partition coefficient (Wildman–Crippen LogP) is 1.01. The fraction of sp³-hybridized carbons (Fsp3) is 0.235. The highest BCUT2D eigenvalue weighted by Crippen LogP contribution is 2.18. The number of hydrogen-bond acceptors (Lipinski definition) is 6. The molecule has 0 unspecified atom stereocenters. The van der Waals surface area contributed by atoms with Crippen LogP contribution in [0.25, 0.3) is 11.4 Å². The number of ether oxygens (including phenoxy) is 1. The van der Waals surface area contributed by atoms with Gasteiger partial charge in [0.2, 0.25) is 5.82 Å². The van der Waals surface area contributed by atoms with Crippen LogP contribution in [0, 0.1) is 0 Å². The summed E-state index contributed by atoms with van der Waals surface area (Å²) in [5, 5.41) is 14.7. The Hall–Kier alpha value is -3.29. The molecule has 0 atom stereocenters. The van der Waals surface area contributed by atoms with Crippen LogP contribution in [-0.4, -0.2) is 44.3 Å². The van der Waals surface area contributed by atoms with Crippen LogP contribution in [0.3, 0.4) is 0 Å². The summed E-state index contributed by atoms with van der Waals surface area (Å²) in [5.74, 6) is 0.994. The minimum Gasteiger partial charge on any atom is -0.484 e. The highest BCUT2D eigenvalue weighted by Gasteiger charge is 2.06. The molecule has 1 aromatic carbocycles. The third-order valence-corrected chi connectivity index (χ3v) is 3.48. The quantitative estimate of drug-likeness (QED) is 0.691. The van der Waals surface area contributed by atoms with E-state index in [1.807, 2.05) is 24.3 Å². The van der Waals surface area contributed by atoms with E-state index in [1.165, 1.54) is 4.80 Å². The van der Waals surface area contributed by atoms with Gasteiger partial charge in [-0.2, -0.15) is 4.80 Å². The maximum absolute atomic E-state index is 11.8. The van der Waals surface area contributed by atoms with E-state index in [0.717, 1.165) is 17.5 Å². The summed E-state index contributed by atoms with van der Waals surface area (Å²) in [6.07, 6.45) is 4.23. The molecule has 8 nitrogen and oxygen atoms in total. The number of aryl methyl sites for hydroxylation is 1. The molecule has 0 saturated carbocycles. The number of benzene rings is 1. The zero-order valence-electron chi connectivity index (χ0n) is 13.8. The minimum atomic E-state index is -0.159. The molecule has 2 aromatic heterocycles. The van der Waals surface area contributed by atoms with Crippen molar-refractivity contribution in [2.45, 2.75) is 6.42 Å². The lowest BCUT2D eigenvalue weighted by Crippen LogP contribution is -2.30. The van der Waals surface area contributed by atoms with Crippen LogP contribution in [-0.2, 0) is 18.3 Å². The third kappa shape index (κ3) is 4.84. The third-order valence-electron chi connectivity index (χ3n) is 3.48. The fourth-order valence-electron chi connectivity index (χ4n) is 2.20. The van der Waals surface area contributed by atoms with Gasteiger partial charge < -0.3 is 10.1 Å². The van der Waals surface area contributed by atoms with Gasteiger partial charge >= 0.3 is 0 Å². The molecule has 0 aliphatic rings. The first-order chi connectivity index (χ1) is 12.2. The van der Waals surface area contributed by atoms with Crippen molar-refractivity contribution in [3.63, 3.8) is 0 Å². The van der Waals surface area contributed by atoms with Crippen LogP contribution in [0.2, 0.25) is 0 Å². The van der Waals surface area contributed by atoms with Crippen molar-refractivity contribution in [3.05, 3.63) is 54.4 Å². The van der Waals surface area contributed by atoms with Crippen molar-refractivity contribution in [1.29, 1.82) is 0 Å². The van der Waals surface area contributed by atoms with Gasteiger partial charge in [-0.15, -0.1) is 10.2 Å². The van der Waals surface area contributed by atoms with Crippen LogP contribution >= 0.6 is 0 Å². The van der Waals surface area contributed by atoms with Crippen molar-refractivity contribution < 1.29 is 9.53 Å². The summed E-state index contributed by atoms with van der Waals surface area (Å²) >= 11 is 0. The van der Waals surface area contributed by atoms with E-state index in [4.69, 9.17) is 4.74 Å². The lowest BCUT2D eigenvalue weighted by atomic mass is 10.2. The molecule has 0 saturated heterocycles. The van der Waals surface area contributed by atoms with Gasteiger partial charge in [-0.25, -0.2) is 0 Å². The summed E-state index contributed by atoms with van der Waals surface area (Å²) < 4.78 is 5.48. The summed E-state index contributed by atoms with van der Waals surface area (Å²) in [7, 11) is 1.71. The maximum atomic E-state index is 11.8. The number of hydrogen-bond donors (Lipinski definition) is 1. The number of amides is 1. The van der Waals surface area contributed by atoms with Crippen molar-refractivity contribution >= 4 is 5.91 Å². The number of rotatable bonds is 7. The zero-order valence-corrected chi connectivity index (χ0v) is 13.8. The molecule has 25 heavy (non-hydrogen) atoms. The van der Waals surface area contributed by atoms with Gasteiger partial charge in [-0.05, 0) is 53.6 Å². The molecule has 0 aliphatic heterocycles. The van der Waals surface area contributed by atoms with Crippen LogP contribution in [0.1, 0.15) is 5.56 Å². The molecule has 0 aliphatic carbocycles. The molecule has 0 fully saturated rings. The highest BCUT2D eigenvalue weighted by molar-refractivity contribution is 5.77. The fourth-order valence-corrected chi connectivity index (χ4v) is 2.20. The molecule has 8 heteroatoms. The molecule has 128 valence electrons. The van der Waals surface area contributed by atoms with E-state index < -0.39 is 0 Å². The first-order valence-corrected chi connectivity index (χ1v) is 7.83. The number of pyridine rings is 1. The predicted molar refractivity (Wildman–Crippen MR) is 90.7 cm³/mol. The molecule has 0 spiro atoms. The van der Waals surface area contributed by atoms with Crippen LogP contribution in [0.4, 0.5) is 0 Å². The second-order valence-electron chi connectivity index (χ2n) is 5.37. The molecular formula is C17H18N6O2. The standard InChI is InChI=1S/C17H18N6O2/c1-23-21-17(20-22-23)14-2-4-15(5-3-14)25-12-16(24)19-11-8-13-6-9-18-10-7-13/h2-7,9-10H,8,11-12H2,1H3,(H,19,24). The Balaban J connectivity index is 1.42. The largest absolute Gasteiger partial charge is 0.484 e. The van der Waals surface area contributed by atoms with Gasteiger partial charge in [0.15, 0.2) is 6.61 Å². The van der Waals surface area contributed by atoms with E-state index in [1.54, 1.807) is 31.6 Å². The normalized spacial score (nSPS) is 10.4. The van der Waals surface area contributed by atoms with Crippen molar-refractivity contribution in [2.75, 3.05) is 13.2 Å². The summed E-state index contributed by atoms with van der Waals surface area (Å²) in [4.78, 5) is 17.2. The Morgan fingerprint density at radius 1 is 1.16 bits per heavy atom. The molecule has 1 amide bonds. The lowest BCUT2D eigenvalue weighted by molar-refractivity contribution is -0.123. The topological polar surface area (TPSA) is 94.8 Å². The molecule has 2 heterocycles. The van der Waals surface area contributed by atoms with Gasteiger partial charge in [0.1, 0.15) is 5.75 Å². The Labute approximate surface area is 144 Å². The average Bonchev–Trinajstić information content (AvgIpc) is 3.08. The first kappa shape index (κ1) is 16.6. The lowest BCUT2D eigenvalue weighted by Gasteiger charge is -2.08. The Morgan fingerprint density at radius 3 is 2.60 bits per heavy atom. The Bertz CT molecular complexity index is 817. The van der Waals surface area contributed by atoms with E-state index in [-0.39, 0.29) is 12.5 Å². The number of carbonyl (C=O) groups excluding carboxylic acids is 1. The van der Waals surface area contributed by atoms with Gasteiger partial charge in [-0.3, -0.25) is 9.78 Å². The van der Waals surface area contributed by atoms with Crippen LogP contribution < -0.4 is 10.1 Å². The zero-order chi connectivity index (χ0) is 17.5. The summed E-state index contributed by atoms with van der Waals surface area (Å²) in [6.45, 7) is 0.530. The van der Waals surface area contributed by atoms with Crippen molar-refractivity contribution in [3.8, 4) is 17.1 Å². The van der Waals surface area contributed by atoms with E-state index >= 15 is 0 Å². The Kier molecular flexibility index (Phi) is 5.30. The summed E-state index contributed by atoms with van der Waals surface area (Å²) in [6, 6.07) is 11.1. The van der Waals surface area contributed by atoms with Gasteiger partial charge in [-0.1, -0.05) is 0 Å². The van der Waals surface area contributed by atoms with Gasteiger partial charge in [0.25, 0.3) is 5.91 Å². The van der Waals surface area contributed by atoms with E-state index in [9.17, 15) is 4.79 Å². The van der Waals surface area contributed by atoms with Crippen LogP contribution in [0.15, 0.2) is 48.8 Å². The smallest absolute Gasteiger partial charge is 0.257 e. The highest BCUT2D eigenvalue weighted by atomic mass is 16.5. The van der Waals surface area contributed by atoms with Crippen LogP contribution in [0.5, 0.6) is 5.75 Å². The Morgan fingerprint density at radius 2 is 1.92 bits per heavy atom. The van der Waals surface area contributed by atoms with Crippen molar-refractivity contribution in [2.24, 2.45) is 7.05 Å². The SMILES string of the molecule is Cn1nnc(-c2ccc(OCC(=O)NCCc3ccncc3)cc2)n1. The first-order valence-electron chi connectivity index (χ1n) is 7.83. The molecule has 3 rings (SSSR count). The van der Waals surface area contributed by atoms with Crippen molar-refractivity contribution in [1.82, 2.24) is 30.5 Å². The second kappa shape index (κ2) is 8.00.